The van der Waals surface area contributed by atoms with Gasteiger partial charge in [-0.15, -0.1) is 0 Å². The van der Waals surface area contributed by atoms with Crippen molar-refractivity contribution in [3.8, 4) is 0 Å². The first kappa shape index (κ1) is 14.6. The largest absolute Gasteiger partial charge is 0.481 e. The highest BCUT2D eigenvalue weighted by molar-refractivity contribution is 6.32. The number of rotatable bonds is 3. The van der Waals surface area contributed by atoms with E-state index in [-0.39, 0.29) is 12.5 Å². The lowest BCUT2D eigenvalue weighted by molar-refractivity contribution is -0.141. The van der Waals surface area contributed by atoms with Crippen LogP contribution in [0.4, 0.5) is 0 Å². The van der Waals surface area contributed by atoms with Crippen molar-refractivity contribution in [2.75, 3.05) is 13.1 Å². The molecule has 1 unspecified atom stereocenters. The Morgan fingerprint density at radius 3 is 2.70 bits per heavy atom. The summed E-state index contributed by atoms with van der Waals surface area (Å²) in [4.78, 5) is 24.6. The zero-order valence-corrected chi connectivity index (χ0v) is 11.9. The number of carbonyl (C=O) groups is 2. The molecule has 0 aliphatic carbocycles. The molecular formula is C15H16ClNO3. The molecule has 1 heterocycles. The van der Waals surface area contributed by atoms with Crippen LogP contribution < -0.4 is 0 Å². The van der Waals surface area contributed by atoms with Gasteiger partial charge < -0.3 is 10.0 Å². The lowest BCUT2D eigenvalue weighted by Gasteiger charge is -2.14. The van der Waals surface area contributed by atoms with Crippen LogP contribution in [0.5, 0.6) is 0 Å². The van der Waals surface area contributed by atoms with E-state index < -0.39 is 11.9 Å². The smallest absolute Gasteiger partial charge is 0.308 e. The quantitative estimate of drug-likeness (QED) is 0.872. The van der Waals surface area contributed by atoms with Gasteiger partial charge in [-0.25, -0.2) is 0 Å². The second-order valence-electron chi connectivity index (χ2n) is 4.92. The fourth-order valence-electron chi connectivity index (χ4n) is 2.30. The zero-order chi connectivity index (χ0) is 14.7. The van der Waals surface area contributed by atoms with E-state index in [1.807, 2.05) is 25.1 Å². The Bertz CT molecular complexity index is 568. The maximum absolute atomic E-state index is 12.1. The van der Waals surface area contributed by atoms with Crippen molar-refractivity contribution in [1.29, 1.82) is 0 Å². The molecule has 5 heteroatoms. The second-order valence-corrected chi connectivity index (χ2v) is 5.32. The Labute approximate surface area is 122 Å². The fourth-order valence-corrected chi connectivity index (χ4v) is 2.58. The van der Waals surface area contributed by atoms with Crippen LogP contribution >= 0.6 is 11.6 Å². The second kappa shape index (κ2) is 6.09. The van der Waals surface area contributed by atoms with Crippen LogP contribution in [-0.4, -0.2) is 35.0 Å². The third kappa shape index (κ3) is 3.20. The predicted octanol–water partition coefficient (Wildman–Crippen LogP) is 2.68. The van der Waals surface area contributed by atoms with Crippen LogP contribution in [-0.2, 0) is 9.59 Å². The number of halogens is 1. The molecule has 20 heavy (non-hydrogen) atoms. The van der Waals surface area contributed by atoms with Crippen LogP contribution in [0.3, 0.4) is 0 Å². The average molecular weight is 294 g/mol. The number of carboxylic acids is 1. The van der Waals surface area contributed by atoms with Gasteiger partial charge in [-0.05, 0) is 30.5 Å². The molecule has 0 aromatic heterocycles. The maximum Gasteiger partial charge on any atom is 0.308 e. The molecule has 1 aromatic rings. The van der Waals surface area contributed by atoms with Gasteiger partial charge in [0.05, 0.1) is 5.92 Å². The van der Waals surface area contributed by atoms with Gasteiger partial charge >= 0.3 is 5.97 Å². The number of likely N-dealkylation sites (tertiary alicyclic amines) is 1. The van der Waals surface area contributed by atoms with E-state index >= 15 is 0 Å². The fraction of sp³-hybridized carbons (Fsp3) is 0.333. The van der Waals surface area contributed by atoms with Crippen LogP contribution in [0, 0.1) is 5.92 Å². The first-order chi connectivity index (χ1) is 9.49. The summed E-state index contributed by atoms with van der Waals surface area (Å²) < 4.78 is 0. The molecule has 2 rings (SSSR count). The number of aliphatic carboxylic acids is 1. The van der Waals surface area contributed by atoms with Gasteiger partial charge in [0.2, 0.25) is 5.91 Å². The van der Waals surface area contributed by atoms with Crippen molar-refractivity contribution in [2.24, 2.45) is 5.92 Å². The topological polar surface area (TPSA) is 57.6 Å². The van der Waals surface area contributed by atoms with Crippen molar-refractivity contribution in [1.82, 2.24) is 4.90 Å². The number of amides is 1. The summed E-state index contributed by atoms with van der Waals surface area (Å²) in [5.41, 5.74) is 1.59. The Morgan fingerprint density at radius 1 is 1.40 bits per heavy atom. The molecule has 1 aliphatic rings. The molecule has 0 saturated carbocycles. The number of benzene rings is 1. The third-order valence-corrected chi connectivity index (χ3v) is 3.82. The van der Waals surface area contributed by atoms with Gasteiger partial charge in [-0.2, -0.15) is 0 Å². The first-order valence-electron chi connectivity index (χ1n) is 6.44. The standard InChI is InChI=1S/C15H16ClNO3/c1-10(12-4-2-3-5-13(12)16)8-14(18)17-7-6-11(9-17)15(19)20/h2-5,8,11H,6-7,9H2,1H3,(H,19,20)/b10-8-. The number of carbonyl (C=O) groups excluding carboxylic acids is 1. The molecule has 1 fully saturated rings. The third-order valence-electron chi connectivity index (χ3n) is 3.49. The Balaban J connectivity index is 2.09. The van der Waals surface area contributed by atoms with Gasteiger partial charge in [0.15, 0.2) is 0 Å². The normalized spacial score (nSPS) is 19.2. The molecule has 1 aliphatic heterocycles. The highest BCUT2D eigenvalue weighted by atomic mass is 35.5. The molecule has 1 amide bonds. The average Bonchev–Trinajstić information content (AvgIpc) is 2.88. The van der Waals surface area contributed by atoms with Crippen molar-refractivity contribution in [3.63, 3.8) is 0 Å². The number of allylic oxidation sites excluding steroid dienone is 1. The molecule has 1 N–H and O–H groups in total. The summed E-state index contributed by atoms with van der Waals surface area (Å²) in [6, 6.07) is 7.32. The van der Waals surface area contributed by atoms with E-state index in [1.165, 1.54) is 6.08 Å². The summed E-state index contributed by atoms with van der Waals surface area (Å²) in [5.74, 6) is -1.45. The summed E-state index contributed by atoms with van der Waals surface area (Å²) in [5, 5.41) is 9.53. The molecule has 1 aromatic carbocycles. The van der Waals surface area contributed by atoms with Gasteiger partial charge in [0, 0.05) is 24.2 Å². The van der Waals surface area contributed by atoms with Gasteiger partial charge in [-0.3, -0.25) is 9.59 Å². The van der Waals surface area contributed by atoms with E-state index in [2.05, 4.69) is 0 Å². The highest BCUT2D eigenvalue weighted by Gasteiger charge is 2.30. The van der Waals surface area contributed by atoms with E-state index in [9.17, 15) is 9.59 Å². The van der Waals surface area contributed by atoms with Gasteiger partial charge in [0.1, 0.15) is 0 Å². The van der Waals surface area contributed by atoms with Crippen LogP contribution in [0.2, 0.25) is 5.02 Å². The van der Waals surface area contributed by atoms with Crippen molar-refractivity contribution in [2.45, 2.75) is 13.3 Å². The van der Waals surface area contributed by atoms with Crippen molar-refractivity contribution < 1.29 is 14.7 Å². The number of hydrogen-bond acceptors (Lipinski definition) is 2. The Kier molecular flexibility index (Phi) is 4.45. The first-order valence-corrected chi connectivity index (χ1v) is 6.81. The minimum absolute atomic E-state index is 0.161. The van der Waals surface area contributed by atoms with Crippen LogP contribution in [0.15, 0.2) is 30.3 Å². The Morgan fingerprint density at radius 2 is 2.10 bits per heavy atom. The van der Waals surface area contributed by atoms with Crippen LogP contribution in [0.25, 0.3) is 5.57 Å². The molecule has 1 saturated heterocycles. The van der Waals surface area contributed by atoms with Crippen molar-refractivity contribution >= 4 is 29.1 Å². The minimum Gasteiger partial charge on any atom is -0.481 e. The maximum atomic E-state index is 12.1. The van der Waals surface area contributed by atoms with E-state index in [0.29, 0.717) is 18.0 Å². The van der Waals surface area contributed by atoms with Gasteiger partial charge in [-0.1, -0.05) is 29.8 Å². The van der Waals surface area contributed by atoms with E-state index in [1.54, 1.807) is 11.0 Å². The number of carboxylic acid groups (broad SMARTS) is 1. The van der Waals surface area contributed by atoms with E-state index in [0.717, 1.165) is 11.1 Å². The molecule has 0 spiro atoms. The molecular weight excluding hydrogens is 278 g/mol. The SMILES string of the molecule is C/C(=C/C(=O)N1CCC(C(=O)O)C1)c1ccccc1Cl. The lowest BCUT2D eigenvalue weighted by Crippen LogP contribution is -2.28. The summed E-state index contributed by atoms with van der Waals surface area (Å²) in [7, 11) is 0. The van der Waals surface area contributed by atoms with Crippen LogP contribution in [0.1, 0.15) is 18.9 Å². The monoisotopic (exact) mass is 293 g/mol. The minimum atomic E-state index is -0.841. The molecule has 4 nitrogen and oxygen atoms in total. The summed E-state index contributed by atoms with van der Waals surface area (Å²) >= 11 is 6.08. The summed E-state index contributed by atoms with van der Waals surface area (Å²) in [6.07, 6.45) is 2.03. The van der Waals surface area contributed by atoms with Gasteiger partial charge in [0.25, 0.3) is 0 Å². The van der Waals surface area contributed by atoms with E-state index in [4.69, 9.17) is 16.7 Å². The predicted molar refractivity (Wildman–Crippen MR) is 77.4 cm³/mol. The molecule has 0 bridgehead atoms. The summed E-state index contributed by atoms with van der Waals surface area (Å²) in [6.45, 7) is 2.59. The molecule has 106 valence electrons. The molecule has 1 atom stereocenters. The molecule has 0 radical (unpaired) electrons. The highest BCUT2D eigenvalue weighted by Crippen LogP contribution is 2.24. The lowest BCUT2D eigenvalue weighted by atomic mass is 10.1. The Hall–Kier alpha value is -1.81. The number of nitrogens with zero attached hydrogens (tertiary/aromatic N) is 1. The zero-order valence-electron chi connectivity index (χ0n) is 11.2. The number of hydrogen-bond donors (Lipinski definition) is 1. The van der Waals surface area contributed by atoms with Crippen molar-refractivity contribution in [3.05, 3.63) is 40.9 Å².